The number of hydrogen-bond donors (Lipinski definition) is 1. The van der Waals surface area contributed by atoms with Crippen molar-refractivity contribution >= 4 is 45.0 Å². The zero-order chi connectivity index (χ0) is 22.5. The summed E-state index contributed by atoms with van der Waals surface area (Å²) >= 11 is 12.0. The van der Waals surface area contributed by atoms with E-state index in [4.69, 9.17) is 23.2 Å². The molecule has 2 aromatic rings. The summed E-state index contributed by atoms with van der Waals surface area (Å²) in [7, 11) is -1.14. The summed E-state index contributed by atoms with van der Waals surface area (Å²) in [6.45, 7) is 1.18. The molecule has 0 bridgehead atoms. The number of hydrogen-bond acceptors (Lipinski definition) is 4. The maximum atomic E-state index is 13.0. The van der Waals surface area contributed by atoms with Gasteiger partial charge in [-0.2, -0.15) is 4.31 Å². The Morgan fingerprint density at radius 3 is 2.23 bits per heavy atom. The fourth-order valence-corrected chi connectivity index (χ4v) is 4.20. The molecule has 0 aliphatic heterocycles. The lowest BCUT2D eigenvalue weighted by atomic mass is 10.1. The smallest absolute Gasteiger partial charge is 0.243 e. The molecule has 162 valence electrons. The third kappa shape index (κ3) is 5.72. The van der Waals surface area contributed by atoms with Crippen molar-refractivity contribution in [3.63, 3.8) is 0 Å². The van der Waals surface area contributed by atoms with E-state index in [1.54, 1.807) is 31.2 Å². The highest BCUT2D eigenvalue weighted by Gasteiger charge is 2.30. The van der Waals surface area contributed by atoms with Crippen molar-refractivity contribution in [2.45, 2.75) is 24.4 Å². The van der Waals surface area contributed by atoms with Crippen LogP contribution in [0.15, 0.2) is 53.4 Å². The number of nitrogens with zero attached hydrogens (tertiary/aromatic N) is 2. The average molecular weight is 472 g/mol. The van der Waals surface area contributed by atoms with Crippen LogP contribution in [0.2, 0.25) is 10.0 Å². The number of amides is 2. The van der Waals surface area contributed by atoms with Crippen molar-refractivity contribution in [1.82, 2.24) is 14.5 Å². The normalized spacial score (nSPS) is 12.5. The number of sulfonamides is 1. The first-order valence-corrected chi connectivity index (χ1v) is 11.2. The van der Waals surface area contributed by atoms with Gasteiger partial charge in [-0.1, -0.05) is 41.4 Å². The van der Waals surface area contributed by atoms with Crippen LogP contribution in [0.25, 0.3) is 0 Å². The number of nitrogens with one attached hydrogen (secondary N) is 1. The first-order chi connectivity index (χ1) is 14.1. The molecule has 7 nitrogen and oxygen atoms in total. The average Bonchev–Trinajstić information content (AvgIpc) is 2.72. The second-order valence-electron chi connectivity index (χ2n) is 6.62. The summed E-state index contributed by atoms with van der Waals surface area (Å²) in [5, 5.41) is 3.35. The molecule has 1 unspecified atom stereocenters. The molecule has 0 aromatic heterocycles. The second kappa shape index (κ2) is 10.3. The van der Waals surface area contributed by atoms with E-state index in [1.807, 2.05) is 0 Å². The Hall–Kier alpha value is -2.13. The summed E-state index contributed by atoms with van der Waals surface area (Å²) < 4.78 is 26.5. The van der Waals surface area contributed by atoms with E-state index in [9.17, 15) is 18.0 Å². The molecule has 30 heavy (non-hydrogen) atoms. The number of likely N-dealkylation sites (N-methyl/N-ethyl adjacent to an activating group) is 2. The van der Waals surface area contributed by atoms with Crippen LogP contribution in [0, 0.1) is 0 Å². The highest BCUT2D eigenvalue weighted by Crippen LogP contribution is 2.20. The van der Waals surface area contributed by atoms with Gasteiger partial charge >= 0.3 is 0 Å². The molecule has 0 aliphatic rings. The molecule has 0 radical (unpaired) electrons. The zero-order valence-corrected chi connectivity index (χ0v) is 19.1. The lowest BCUT2D eigenvalue weighted by Crippen LogP contribution is -2.50. The van der Waals surface area contributed by atoms with Crippen molar-refractivity contribution in [1.29, 1.82) is 0 Å². The zero-order valence-electron chi connectivity index (χ0n) is 16.8. The molecule has 0 aliphatic carbocycles. The van der Waals surface area contributed by atoms with Crippen molar-refractivity contribution in [3.05, 3.63) is 64.1 Å². The van der Waals surface area contributed by atoms with Crippen molar-refractivity contribution < 1.29 is 18.0 Å². The molecule has 2 aromatic carbocycles. The molecule has 0 heterocycles. The Morgan fingerprint density at radius 2 is 1.67 bits per heavy atom. The quantitative estimate of drug-likeness (QED) is 0.640. The van der Waals surface area contributed by atoms with E-state index < -0.39 is 28.5 Å². The molecule has 2 amide bonds. The molecular formula is C20H23Cl2N3O4S. The van der Waals surface area contributed by atoms with Crippen LogP contribution in [0.1, 0.15) is 12.5 Å². The van der Waals surface area contributed by atoms with Gasteiger partial charge in [0, 0.05) is 30.7 Å². The van der Waals surface area contributed by atoms with Crippen LogP contribution < -0.4 is 5.32 Å². The van der Waals surface area contributed by atoms with Gasteiger partial charge in [0.25, 0.3) is 0 Å². The first kappa shape index (κ1) is 24.1. The van der Waals surface area contributed by atoms with Gasteiger partial charge in [0.15, 0.2) is 0 Å². The molecule has 0 saturated heterocycles. The van der Waals surface area contributed by atoms with E-state index >= 15 is 0 Å². The molecule has 0 fully saturated rings. The maximum Gasteiger partial charge on any atom is 0.243 e. The van der Waals surface area contributed by atoms with E-state index in [-0.39, 0.29) is 17.3 Å². The third-order valence-corrected chi connectivity index (χ3v) is 7.03. The van der Waals surface area contributed by atoms with Crippen molar-refractivity contribution in [3.8, 4) is 0 Å². The van der Waals surface area contributed by atoms with E-state index in [0.717, 1.165) is 4.31 Å². The molecule has 1 atom stereocenters. The van der Waals surface area contributed by atoms with Crippen molar-refractivity contribution in [2.24, 2.45) is 0 Å². The van der Waals surface area contributed by atoms with Crippen LogP contribution in [0.3, 0.4) is 0 Å². The van der Waals surface area contributed by atoms with Gasteiger partial charge in [0.05, 0.1) is 11.4 Å². The SMILES string of the molecule is CNC(=O)C(C)N(Cc1ccccc1Cl)C(=O)CN(C)S(=O)(=O)c1ccc(Cl)cc1. The Labute approximate surface area is 186 Å². The number of carbonyl (C=O) groups is 2. The minimum absolute atomic E-state index is 0.0132. The molecule has 1 N–H and O–H groups in total. The predicted octanol–water partition coefficient (Wildman–Crippen LogP) is 2.78. The predicted molar refractivity (Wildman–Crippen MR) is 117 cm³/mol. The van der Waals surface area contributed by atoms with Gasteiger partial charge in [0.2, 0.25) is 21.8 Å². The van der Waals surface area contributed by atoms with Crippen LogP contribution in [0.5, 0.6) is 0 Å². The van der Waals surface area contributed by atoms with Gasteiger partial charge in [0.1, 0.15) is 6.04 Å². The highest BCUT2D eigenvalue weighted by atomic mass is 35.5. The Morgan fingerprint density at radius 1 is 1.07 bits per heavy atom. The summed E-state index contributed by atoms with van der Waals surface area (Å²) in [6, 6.07) is 11.8. The van der Waals surface area contributed by atoms with Crippen LogP contribution >= 0.6 is 23.2 Å². The molecule has 0 saturated carbocycles. The number of halogens is 2. The highest BCUT2D eigenvalue weighted by molar-refractivity contribution is 7.89. The van der Waals surface area contributed by atoms with Gasteiger partial charge < -0.3 is 10.2 Å². The van der Waals surface area contributed by atoms with Crippen LogP contribution in [-0.2, 0) is 26.2 Å². The number of carbonyl (C=O) groups excluding carboxylic acids is 2. The number of benzene rings is 2. The standard InChI is InChI=1S/C20H23Cl2N3O4S/c1-14(20(27)23-2)25(12-15-6-4-5-7-18(15)22)19(26)13-24(3)30(28,29)17-10-8-16(21)9-11-17/h4-11,14H,12-13H2,1-3H3,(H,23,27). The Bertz CT molecular complexity index is 1010. The van der Waals surface area contributed by atoms with Gasteiger partial charge in [-0.15, -0.1) is 0 Å². The fraction of sp³-hybridized carbons (Fsp3) is 0.300. The number of rotatable bonds is 8. The Balaban J connectivity index is 2.27. The van der Waals surface area contributed by atoms with E-state index in [2.05, 4.69) is 5.32 Å². The lowest BCUT2D eigenvalue weighted by molar-refractivity contribution is -0.140. The Kier molecular flexibility index (Phi) is 8.25. The topological polar surface area (TPSA) is 86.8 Å². The molecular weight excluding hydrogens is 449 g/mol. The van der Waals surface area contributed by atoms with E-state index in [1.165, 1.54) is 43.3 Å². The van der Waals surface area contributed by atoms with Gasteiger partial charge in [-0.3, -0.25) is 9.59 Å². The monoisotopic (exact) mass is 471 g/mol. The minimum Gasteiger partial charge on any atom is -0.357 e. The van der Waals surface area contributed by atoms with Crippen LogP contribution in [0.4, 0.5) is 0 Å². The summed E-state index contributed by atoms with van der Waals surface area (Å²) in [4.78, 5) is 26.5. The van der Waals surface area contributed by atoms with Crippen molar-refractivity contribution in [2.75, 3.05) is 20.6 Å². The summed E-state index contributed by atoms with van der Waals surface area (Å²) in [6.07, 6.45) is 0. The van der Waals surface area contributed by atoms with Gasteiger partial charge in [-0.25, -0.2) is 8.42 Å². The van der Waals surface area contributed by atoms with Crippen LogP contribution in [-0.4, -0.2) is 56.1 Å². The maximum absolute atomic E-state index is 13.0. The third-order valence-electron chi connectivity index (χ3n) is 4.59. The largest absolute Gasteiger partial charge is 0.357 e. The molecule has 10 heteroatoms. The summed E-state index contributed by atoms with van der Waals surface area (Å²) in [5.74, 6) is -0.912. The van der Waals surface area contributed by atoms with Gasteiger partial charge in [-0.05, 0) is 42.8 Å². The second-order valence-corrected chi connectivity index (χ2v) is 9.51. The first-order valence-electron chi connectivity index (χ1n) is 9.04. The lowest BCUT2D eigenvalue weighted by Gasteiger charge is -2.30. The molecule has 0 spiro atoms. The molecule has 2 rings (SSSR count). The fourth-order valence-electron chi connectivity index (χ4n) is 2.75. The van der Waals surface area contributed by atoms with E-state index in [0.29, 0.717) is 15.6 Å². The minimum atomic E-state index is -3.92. The summed E-state index contributed by atoms with van der Waals surface area (Å²) in [5.41, 5.74) is 0.645.